The van der Waals surface area contributed by atoms with Crippen LogP contribution in [0.15, 0.2) is 83.7 Å². The van der Waals surface area contributed by atoms with Gasteiger partial charge in [0.2, 0.25) is 11.1 Å². The van der Waals surface area contributed by atoms with Crippen LogP contribution in [0.5, 0.6) is 0 Å². The van der Waals surface area contributed by atoms with E-state index in [0.717, 1.165) is 19.0 Å². The molecule has 0 amide bonds. The van der Waals surface area contributed by atoms with Crippen LogP contribution in [-0.4, -0.2) is 195 Å². The number of carbonyl (C=O) groups excluding carboxylic acids is 6. The summed E-state index contributed by atoms with van der Waals surface area (Å²) in [5.41, 5.74) is -3.29. The normalized spacial score (nSPS) is 16.3. The molecule has 2 aliphatic rings. The maximum Gasteiger partial charge on any atom is 0.543 e. The largest absolute Gasteiger partial charge is 0.869 e. The molecule has 0 unspecified atom stereocenters. The number of hydrogen-bond acceptors (Lipinski definition) is 20. The van der Waals surface area contributed by atoms with Gasteiger partial charge in [-0.15, -0.1) is 29.9 Å². The Morgan fingerprint density at radius 3 is 0.525 bits per heavy atom. The van der Waals surface area contributed by atoms with Crippen molar-refractivity contribution in [3.8, 4) is 0 Å². The molecule has 0 atom stereocenters. The zero-order chi connectivity index (χ0) is 94.8. The molecule has 686 valence electrons. The third-order valence-electron chi connectivity index (χ3n) is 12.5. The summed E-state index contributed by atoms with van der Waals surface area (Å²) in [6, 6.07) is 0. The first kappa shape index (κ1) is 124. The maximum atomic E-state index is 12.3. The average molecular weight is 2160 g/mol. The van der Waals surface area contributed by atoms with Crippen LogP contribution in [0, 0.1) is 96.6 Å². The minimum absolute atomic E-state index is 0. The Labute approximate surface area is 704 Å². The molecule has 26 nitrogen and oxygen atoms in total. The topological polar surface area (TPSA) is 394 Å². The van der Waals surface area contributed by atoms with E-state index in [2.05, 4.69) is 20.4 Å². The smallest absolute Gasteiger partial charge is 0.543 e. The number of carbonyl (C=O) groups is 6. The average Bonchev–Trinajstić information content (AvgIpc) is 1.58. The molecule has 0 spiro atoms. The zero-order valence-electron chi connectivity index (χ0n) is 57.6. The minimum atomic E-state index is -5.46. The molecule has 0 bridgehead atoms. The van der Waals surface area contributed by atoms with Crippen molar-refractivity contribution in [3.05, 3.63) is 116 Å². The number of amidine groups is 2. The van der Waals surface area contributed by atoms with Crippen LogP contribution in [0.1, 0.15) is 67.0 Å². The van der Waals surface area contributed by atoms with Gasteiger partial charge in [0.25, 0.3) is 45.8 Å². The van der Waals surface area contributed by atoms with E-state index in [9.17, 15) is 238 Å². The number of rotatable bonds is 8. The number of alkyl halides is 39. The summed E-state index contributed by atoms with van der Waals surface area (Å²) in [6.07, 6.45) is -68.7. The Morgan fingerprint density at radius 2 is 0.449 bits per heavy atom. The van der Waals surface area contributed by atoms with Crippen molar-refractivity contribution in [2.75, 3.05) is 0 Å². The van der Waals surface area contributed by atoms with Gasteiger partial charge in [-0.1, -0.05) is 34.8 Å². The van der Waals surface area contributed by atoms with Crippen molar-refractivity contribution < 1.29 is 313 Å². The SMILES string of the molecule is ClC(Cl)Cl.Cn1cnnc1C1=[N+]([O-])C(C)(C)C(C)(C)[N+]1=O.Cn1cnnc1C1=[N+]([O-])C(C)(C)C(C)(C)[N+]1=O.O=C(/C=C(\[O-])C(F)(F)F)C(F)(F)F.O=C(/C=C(\[O-])C(F)(F)F)C(F)(F)F.O=C(/C=C(\[O-])C(F)(F)F)C(F)(F)F.O=C(/C=C(\[O-])C(F)(F)F)C(F)(F)F.O=C(/C=C(\[O-])C(F)(F)F)C(F)(F)F.O=C(/C=C(\[O-])C(F)(F)F)C(F)(F)F.[Dy].[Dy]. The van der Waals surface area contributed by atoms with Crippen molar-refractivity contribution in [2.24, 2.45) is 14.1 Å². The van der Waals surface area contributed by atoms with Crippen LogP contribution in [0.4, 0.5) is 158 Å². The van der Waals surface area contributed by atoms with Gasteiger partial charge in [0.05, 0.1) is 0 Å². The van der Waals surface area contributed by atoms with E-state index in [1.807, 2.05) is 0 Å². The molecule has 0 saturated carbocycles. The molecule has 2 aromatic rings. The third-order valence-corrected chi connectivity index (χ3v) is 12.5. The molecule has 0 radical (unpaired) electrons. The van der Waals surface area contributed by atoms with Gasteiger partial charge in [-0.2, -0.15) is 158 Å². The number of hydroxylamine groups is 2. The first-order valence-electron chi connectivity index (χ1n) is 27.1. The van der Waals surface area contributed by atoms with Crippen LogP contribution in [0.2, 0.25) is 0 Å². The molecule has 0 N–H and O–H groups in total. The van der Waals surface area contributed by atoms with Crippen molar-refractivity contribution in [1.29, 1.82) is 0 Å². The fourth-order valence-electron chi connectivity index (χ4n) is 5.25. The van der Waals surface area contributed by atoms with E-state index < -0.39 is 206 Å². The summed E-state index contributed by atoms with van der Waals surface area (Å²) in [4.78, 5) is 83.4. The number of nitrogens with zero attached hydrogens (tertiary/aromatic N) is 10. The molecular weight excluding hydrogens is 2120 g/mol. The van der Waals surface area contributed by atoms with Gasteiger partial charge in [0, 0.05) is 156 Å². The van der Waals surface area contributed by atoms with Gasteiger partial charge in [-0.05, 0) is 71.0 Å². The molecule has 0 aliphatic carbocycles. The third kappa shape index (κ3) is 41.2. The number of ketones is 6. The Bertz CT molecular complexity index is 3570. The van der Waals surface area contributed by atoms with Crippen molar-refractivity contribution in [1.82, 2.24) is 29.5 Å². The molecule has 67 heteroatoms. The predicted octanol–water partition coefficient (Wildman–Crippen LogP) is 8.38. The van der Waals surface area contributed by atoms with E-state index in [1.54, 1.807) is 78.6 Å². The summed E-state index contributed by atoms with van der Waals surface area (Å²) >= 11 is 14.4. The molecule has 0 aromatic carbocycles. The van der Waals surface area contributed by atoms with Gasteiger partial charge in [-0.25, -0.2) is 0 Å². The molecule has 0 fully saturated rings. The molecule has 2 aromatic heterocycles. The first-order valence-corrected chi connectivity index (χ1v) is 28.4. The predicted molar refractivity (Wildman–Crippen MR) is 294 cm³/mol. The minimum Gasteiger partial charge on any atom is -0.869 e. The molecule has 4 rings (SSSR count). The standard InChI is InChI=1S/2C10H16N5O2.6C5H2F6O2.CHCl3.2Dy/c2*1-9(2)10(3,4)15(17)8(14(9)16)7-12-11-6-13(7)5;6*6-4(7,8)2(12)1-3(13)5(9,10)11;2-1(3)4;;/h2*6H,1-5H3;6*1,12H;1H;;/q2*+1;;;;;;;;;/p-6/b;;6*2-1-;;;. The van der Waals surface area contributed by atoms with E-state index >= 15 is 0 Å². The van der Waals surface area contributed by atoms with Crippen molar-refractivity contribution in [2.45, 2.75) is 156 Å². The first-order chi connectivity index (χ1) is 50.4. The van der Waals surface area contributed by atoms with Gasteiger partial charge in [0.15, 0.2) is 4.30 Å². The van der Waals surface area contributed by atoms with Gasteiger partial charge < -0.3 is 50.2 Å². The van der Waals surface area contributed by atoms with E-state index in [0.29, 0.717) is 0 Å². The van der Waals surface area contributed by atoms with Crippen LogP contribution >= 0.6 is 34.8 Å². The molecule has 4 heterocycles. The van der Waals surface area contributed by atoms with E-state index in [1.165, 1.54) is 12.7 Å². The molecular formula is C51H39Cl3Dy2F36N10O16-4. The fourth-order valence-corrected chi connectivity index (χ4v) is 5.25. The summed E-state index contributed by atoms with van der Waals surface area (Å²) in [5.74, 6) is -33.3. The van der Waals surface area contributed by atoms with Gasteiger partial charge >= 0.3 is 97.4 Å². The fraction of sp³-hybridized carbons (Fsp3) is 0.529. The zero-order valence-corrected chi connectivity index (χ0v) is 63.9. The number of nitroso groups, excluding NO2 is 2. The maximum absolute atomic E-state index is 12.3. The second-order valence-corrected chi connectivity index (χ2v) is 24.0. The monoisotopic (exact) mass is 2160 g/mol. The number of allylic oxidation sites excluding steroid dienone is 12. The summed E-state index contributed by atoms with van der Waals surface area (Å²) < 4.78 is 412. The summed E-state index contributed by atoms with van der Waals surface area (Å²) in [6.45, 7) is 14.0. The number of aryl methyl sites for hydroxylation is 2. The molecule has 2 aliphatic heterocycles. The second kappa shape index (κ2) is 44.9. The van der Waals surface area contributed by atoms with Crippen LogP contribution in [-0.2, 0) is 42.9 Å². The van der Waals surface area contributed by atoms with E-state index in [4.69, 9.17) is 34.8 Å². The number of halogens is 39. The molecule has 0 saturated heterocycles. The quantitative estimate of drug-likeness (QED) is 0.0597. The van der Waals surface area contributed by atoms with E-state index in [-0.39, 0.29) is 99.7 Å². The van der Waals surface area contributed by atoms with Crippen LogP contribution in [0.25, 0.3) is 0 Å². The van der Waals surface area contributed by atoms with Crippen molar-refractivity contribution >= 4 is 81.2 Å². The van der Waals surface area contributed by atoms with Gasteiger partial charge in [-0.3, -0.25) is 28.8 Å². The van der Waals surface area contributed by atoms with Crippen LogP contribution < -0.4 is 30.6 Å². The number of aromatic nitrogens is 6. The summed E-state index contributed by atoms with van der Waals surface area (Å²) in [5, 5.41) is 98.5. The molecule has 118 heavy (non-hydrogen) atoms. The Hall–Kier alpha value is -7.42. The van der Waals surface area contributed by atoms with Gasteiger partial charge in [0.1, 0.15) is 22.2 Å². The Kier molecular flexibility index (Phi) is 47.1. The second-order valence-electron chi connectivity index (χ2n) is 22.0. The Balaban J connectivity index is -0.000000237. The Morgan fingerprint density at radius 1 is 0.322 bits per heavy atom. The summed E-state index contributed by atoms with van der Waals surface area (Å²) in [7, 11) is 3.39. The van der Waals surface area contributed by atoms with Crippen LogP contribution in [0.3, 0.4) is 0 Å². The van der Waals surface area contributed by atoms with Crippen molar-refractivity contribution in [3.63, 3.8) is 0 Å². The number of hydrogen-bond donors (Lipinski definition) is 0.